The Hall–Kier alpha value is -3.04. The van der Waals surface area contributed by atoms with E-state index < -0.39 is 92.0 Å². The molecule has 1 N–H and O–H groups in total. The number of hydrogen-bond donors (Lipinski definition) is 1. The zero-order valence-electron chi connectivity index (χ0n) is 19.0. The first-order valence-corrected chi connectivity index (χ1v) is 9.99. The van der Waals surface area contributed by atoms with Crippen molar-refractivity contribution in [3.63, 3.8) is 0 Å². The first-order valence-electron chi connectivity index (χ1n) is 9.99. The van der Waals surface area contributed by atoms with Crippen LogP contribution in [0.2, 0.25) is 0 Å². The summed E-state index contributed by atoms with van der Waals surface area (Å²) in [7, 11) is 0. The van der Waals surface area contributed by atoms with Crippen LogP contribution in [0, 0.1) is 0 Å². The molecule has 1 fully saturated rings. The maximum Gasteiger partial charge on any atom is 0.453 e. The minimum atomic E-state index is -5.90. The van der Waals surface area contributed by atoms with E-state index in [-0.39, 0.29) is 0 Å². The molecule has 5 atom stereocenters. The average molecular weight is 521 g/mol. The number of amides is 1. The summed E-state index contributed by atoms with van der Waals surface area (Å²) in [6.45, 7) is 3.24. The van der Waals surface area contributed by atoms with Crippen molar-refractivity contribution in [2.75, 3.05) is 6.61 Å². The normalized spacial score (nSPS) is 24.7. The second-order valence-electron chi connectivity index (χ2n) is 7.40. The quantitative estimate of drug-likeness (QED) is 0.267. The third-order valence-corrected chi connectivity index (χ3v) is 4.39. The van der Waals surface area contributed by atoms with E-state index in [0.717, 1.165) is 27.7 Å². The van der Waals surface area contributed by atoms with Gasteiger partial charge >= 0.3 is 36.0 Å². The molecule has 35 heavy (non-hydrogen) atoms. The van der Waals surface area contributed by atoms with Crippen molar-refractivity contribution in [1.29, 1.82) is 0 Å². The fraction of sp³-hybridized carbons (Fsp3) is 0.737. The van der Waals surface area contributed by atoms with Crippen LogP contribution in [0.15, 0.2) is 0 Å². The van der Waals surface area contributed by atoms with Gasteiger partial charge in [0.15, 0.2) is 12.2 Å². The molecule has 0 saturated carbocycles. The second kappa shape index (κ2) is 12.1. The smallest absolute Gasteiger partial charge is 0.453 e. The molecule has 1 aliphatic rings. The average Bonchev–Trinajstić information content (AvgIpc) is 2.67. The summed E-state index contributed by atoms with van der Waals surface area (Å²) in [5.74, 6) is -10.3. The molecule has 0 aromatic rings. The van der Waals surface area contributed by atoms with E-state index in [1.54, 1.807) is 0 Å². The summed E-state index contributed by atoms with van der Waals surface area (Å²) >= 11 is 0. The van der Waals surface area contributed by atoms with Crippen LogP contribution >= 0.6 is 0 Å². The lowest BCUT2D eigenvalue weighted by Crippen LogP contribution is -2.67. The third kappa shape index (κ3) is 9.26. The minimum absolute atomic E-state index is 0.596. The van der Waals surface area contributed by atoms with Crippen LogP contribution in [0.5, 0.6) is 0 Å². The van der Waals surface area contributed by atoms with Crippen molar-refractivity contribution in [2.24, 2.45) is 0 Å². The van der Waals surface area contributed by atoms with E-state index >= 15 is 0 Å². The first kappa shape index (κ1) is 30.0. The first-order chi connectivity index (χ1) is 15.9. The molecule has 1 unspecified atom stereocenters. The Morgan fingerprint density at radius 3 is 1.77 bits per heavy atom. The highest BCUT2D eigenvalue weighted by molar-refractivity contribution is 5.77. The molecule has 1 aliphatic heterocycles. The summed E-state index contributed by atoms with van der Waals surface area (Å²) < 4.78 is 89.0. The van der Waals surface area contributed by atoms with Crippen molar-refractivity contribution < 1.29 is 69.6 Å². The summed E-state index contributed by atoms with van der Waals surface area (Å²) in [6.07, 6.45) is -15.6. The van der Waals surface area contributed by atoms with Gasteiger partial charge in [-0.05, 0) is 0 Å². The summed E-state index contributed by atoms with van der Waals surface area (Å²) in [6, 6.07) is -1.72. The molecule has 1 saturated heterocycles. The zero-order valence-corrected chi connectivity index (χ0v) is 19.0. The van der Waals surface area contributed by atoms with Crippen LogP contribution in [0.25, 0.3) is 0 Å². The van der Waals surface area contributed by atoms with Gasteiger partial charge in [-0.1, -0.05) is 0 Å². The maximum absolute atomic E-state index is 13.2. The molecule has 0 spiro atoms. The van der Waals surface area contributed by atoms with E-state index in [2.05, 4.69) is 0 Å². The number of carbonyl (C=O) groups is 5. The summed E-state index contributed by atoms with van der Waals surface area (Å²) in [4.78, 5) is 58.4. The highest BCUT2D eigenvalue weighted by Gasteiger charge is 2.57. The lowest BCUT2D eigenvalue weighted by Gasteiger charge is -2.44. The molecule has 1 heterocycles. The van der Waals surface area contributed by atoms with Crippen molar-refractivity contribution in [3.8, 4) is 0 Å². The number of nitrogens with one attached hydrogen (secondary N) is 1. The fourth-order valence-electron chi connectivity index (χ4n) is 2.99. The Bertz CT molecular complexity index is 818. The van der Waals surface area contributed by atoms with Crippen LogP contribution in [0.4, 0.5) is 22.0 Å². The molecule has 0 aliphatic carbocycles. The summed E-state index contributed by atoms with van der Waals surface area (Å²) in [5, 5.41) is 2.02. The molecule has 1 amide bonds. The predicted molar refractivity (Wildman–Crippen MR) is 100 cm³/mol. The van der Waals surface area contributed by atoms with E-state index in [1.807, 2.05) is 5.32 Å². The minimum Gasteiger partial charge on any atom is -0.463 e. The van der Waals surface area contributed by atoms with Gasteiger partial charge in [0.2, 0.25) is 12.2 Å². The van der Waals surface area contributed by atoms with Crippen LogP contribution in [-0.2, 0) is 47.7 Å². The van der Waals surface area contributed by atoms with Gasteiger partial charge in [0.1, 0.15) is 18.8 Å². The Balaban J connectivity index is 3.28. The molecule has 0 radical (unpaired) electrons. The molecule has 200 valence electrons. The number of halogens is 5. The molecule has 1 rings (SSSR count). The van der Waals surface area contributed by atoms with Crippen LogP contribution < -0.4 is 5.32 Å². The van der Waals surface area contributed by atoms with Crippen molar-refractivity contribution >= 4 is 29.8 Å². The number of alkyl halides is 5. The topological polar surface area (TPSA) is 144 Å². The maximum atomic E-state index is 13.2. The van der Waals surface area contributed by atoms with E-state index in [0.29, 0.717) is 0 Å². The standard InChI is InChI=1S/C19H24F5NO10/c1-8(26)31-7-12-15(32-9(2)27)16(33-10(3)28)14(17(35-12)34-11(4)29)25-13(30)5-6-18(20,21)19(22,23)24/h12,14-17H,5-7H2,1-4H3,(H,25,30)/t12-,14-,15+,16+,17?/m0/s1. The van der Waals surface area contributed by atoms with Gasteiger partial charge in [0, 0.05) is 40.5 Å². The molecule has 0 aromatic carbocycles. The molecule has 0 aromatic heterocycles. The largest absolute Gasteiger partial charge is 0.463 e. The summed E-state index contributed by atoms with van der Waals surface area (Å²) in [5.41, 5.74) is 0. The van der Waals surface area contributed by atoms with Gasteiger partial charge in [-0.25, -0.2) is 0 Å². The molecule has 11 nitrogen and oxygen atoms in total. The number of ether oxygens (including phenoxy) is 5. The molecule has 0 bridgehead atoms. The zero-order chi connectivity index (χ0) is 27.1. The fourth-order valence-corrected chi connectivity index (χ4v) is 2.99. The van der Waals surface area contributed by atoms with Gasteiger partial charge in [0.25, 0.3) is 0 Å². The monoisotopic (exact) mass is 521 g/mol. The molecular formula is C19H24F5NO10. The second-order valence-corrected chi connectivity index (χ2v) is 7.40. The Morgan fingerprint density at radius 1 is 0.800 bits per heavy atom. The Kier molecular flexibility index (Phi) is 10.4. The van der Waals surface area contributed by atoms with Gasteiger partial charge < -0.3 is 29.0 Å². The lowest BCUT2D eigenvalue weighted by atomic mass is 9.95. The van der Waals surface area contributed by atoms with E-state index in [4.69, 9.17) is 23.7 Å². The number of esters is 4. The van der Waals surface area contributed by atoms with E-state index in [1.165, 1.54) is 0 Å². The van der Waals surface area contributed by atoms with Crippen LogP contribution in [0.3, 0.4) is 0 Å². The Labute approximate surface area is 195 Å². The van der Waals surface area contributed by atoms with Gasteiger partial charge in [-0.15, -0.1) is 0 Å². The lowest BCUT2D eigenvalue weighted by molar-refractivity contribution is -0.284. The van der Waals surface area contributed by atoms with Crippen LogP contribution in [-0.4, -0.2) is 79.1 Å². The van der Waals surface area contributed by atoms with E-state index in [9.17, 15) is 45.9 Å². The van der Waals surface area contributed by atoms with Crippen molar-refractivity contribution in [3.05, 3.63) is 0 Å². The molecule has 16 heteroatoms. The van der Waals surface area contributed by atoms with Crippen LogP contribution in [0.1, 0.15) is 40.5 Å². The van der Waals surface area contributed by atoms with Crippen molar-refractivity contribution in [1.82, 2.24) is 5.32 Å². The molecular weight excluding hydrogens is 497 g/mol. The van der Waals surface area contributed by atoms with Gasteiger partial charge in [-0.3, -0.25) is 24.0 Å². The highest BCUT2D eigenvalue weighted by Crippen LogP contribution is 2.39. The predicted octanol–water partition coefficient (Wildman–Crippen LogP) is 1.16. The number of rotatable bonds is 9. The highest BCUT2D eigenvalue weighted by atomic mass is 19.4. The Morgan fingerprint density at radius 2 is 1.31 bits per heavy atom. The van der Waals surface area contributed by atoms with Gasteiger partial charge in [0.05, 0.1) is 0 Å². The number of hydrogen-bond acceptors (Lipinski definition) is 10. The SMILES string of the molecule is CC(=O)OC[C@@H]1OC(OC(C)=O)[C@@H](NC(=O)CCC(F)(F)C(F)(F)F)[C@@H](OC(C)=O)[C@@H]1OC(C)=O. The third-order valence-electron chi connectivity index (χ3n) is 4.39. The van der Waals surface area contributed by atoms with Crippen molar-refractivity contribution in [2.45, 2.75) is 83.3 Å². The van der Waals surface area contributed by atoms with Gasteiger partial charge in [-0.2, -0.15) is 22.0 Å². The number of carbonyl (C=O) groups excluding carboxylic acids is 5.